The molecule has 4 rings (SSSR count). The lowest BCUT2D eigenvalue weighted by Gasteiger charge is -2.27. The van der Waals surface area contributed by atoms with Gasteiger partial charge in [-0.1, -0.05) is 23.4 Å². The Kier molecular flexibility index (Phi) is 4.71. The van der Waals surface area contributed by atoms with Gasteiger partial charge in [0.1, 0.15) is 5.76 Å². The molecule has 0 saturated carbocycles. The number of aromatic nitrogens is 1. The second-order valence-electron chi connectivity index (χ2n) is 8.02. The molecular weight excluding hydrogens is 358 g/mol. The van der Waals surface area contributed by atoms with Crippen LogP contribution in [0.5, 0.6) is 0 Å². The Morgan fingerprint density at radius 1 is 1.18 bits per heavy atom. The van der Waals surface area contributed by atoms with E-state index >= 15 is 0 Å². The van der Waals surface area contributed by atoms with E-state index in [-0.39, 0.29) is 30.8 Å². The van der Waals surface area contributed by atoms with Crippen molar-refractivity contribution in [1.82, 2.24) is 15.0 Å². The van der Waals surface area contributed by atoms with Gasteiger partial charge in [-0.3, -0.25) is 9.59 Å². The minimum atomic E-state index is -0.446. The summed E-state index contributed by atoms with van der Waals surface area (Å²) in [6, 6.07) is 9.19. The van der Waals surface area contributed by atoms with E-state index in [4.69, 9.17) is 4.52 Å². The van der Waals surface area contributed by atoms with Crippen LogP contribution < -0.4 is 0 Å². The Hall–Kier alpha value is -2.67. The van der Waals surface area contributed by atoms with Crippen molar-refractivity contribution in [1.29, 1.82) is 0 Å². The fourth-order valence-corrected chi connectivity index (χ4v) is 4.53. The predicted octanol–water partition coefficient (Wildman–Crippen LogP) is 1.43. The van der Waals surface area contributed by atoms with E-state index in [1.165, 1.54) is 0 Å². The van der Waals surface area contributed by atoms with Gasteiger partial charge in [-0.15, -0.1) is 0 Å². The van der Waals surface area contributed by atoms with E-state index in [1.807, 2.05) is 54.0 Å². The zero-order valence-corrected chi connectivity index (χ0v) is 16.2. The van der Waals surface area contributed by atoms with Crippen LogP contribution in [0.2, 0.25) is 0 Å². The minimum absolute atomic E-state index is 0.0116. The van der Waals surface area contributed by atoms with Crippen molar-refractivity contribution < 1.29 is 19.2 Å². The largest absolute Gasteiger partial charge is 0.396 e. The first-order chi connectivity index (χ1) is 13.4. The maximum absolute atomic E-state index is 12.8. The summed E-state index contributed by atoms with van der Waals surface area (Å²) in [5, 5.41) is 14.1. The molecule has 2 amide bonds. The Morgan fingerprint density at radius 3 is 2.46 bits per heavy atom. The topological polar surface area (TPSA) is 86.9 Å². The molecule has 148 valence electrons. The molecule has 2 aliphatic heterocycles. The highest BCUT2D eigenvalue weighted by Gasteiger charge is 2.54. The number of carbonyl (C=O) groups is 2. The summed E-state index contributed by atoms with van der Waals surface area (Å²) in [4.78, 5) is 29.3. The van der Waals surface area contributed by atoms with Gasteiger partial charge >= 0.3 is 0 Å². The number of fused-ring (bicyclic) bond motifs is 1. The quantitative estimate of drug-likeness (QED) is 0.863. The zero-order valence-electron chi connectivity index (χ0n) is 16.2. The van der Waals surface area contributed by atoms with Crippen LogP contribution in [-0.2, 0) is 11.2 Å². The van der Waals surface area contributed by atoms with Crippen LogP contribution >= 0.6 is 0 Å². The average Bonchev–Trinajstić information content (AvgIpc) is 3.34. The van der Waals surface area contributed by atoms with E-state index < -0.39 is 5.41 Å². The molecule has 2 saturated heterocycles. The van der Waals surface area contributed by atoms with E-state index in [0.29, 0.717) is 37.5 Å². The zero-order chi connectivity index (χ0) is 19.9. The Labute approximate surface area is 163 Å². The van der Waals surface area contributed by atoms with E-state index in [9.17, 15) is 14.7 Å². The number of amides is 2. The Bertz CT molecular complexity index is 875. The standard InChI is InChI=1S/C21H25N3O4/c1-14-18(15(2)28-22-14)8-19(26)23-9-17-10-24(12-21(17,11-23)13-25)20(27)16-6-4-3-5-7-16/h3-7,17,25H,8-13H2,1-2H3/t17-,21+/m0/s1. The lowest BCUT2D eigenvalue weighted by molar-refractivity contribution is -0.130. The molecule has 28 heavy (non-hydrogen) atoms. The summed E-state index contributed by atoms with van der Waals surface area (Å²) < 4.78 is 5.15. The molecular formula is C21H25N3O4. The monoisotopic (exact) mass is 383 g/mol. The first kappa shape index (κ1) is 18.7. The van der Waals surface area contributed by atoms with Crippen LogP contribution in [0.3, 0.4) is 0 Å². The molecule has 2 fully saturated rings. The van der Waals surface area contributed by atoms with Gasteiger partial charge < -0.3 is 19.4 Å². The molecule has 1 N–H and O–H groups in total. The molecule has 0 bridgehead atoms. The number of benzene rings is 1. The molecule has 3 heterocycles. The highest BCUT2D eigenvalue weighted by atomic mass is 16.5. The first-order valence-corrected chi connectivity index (χ1v) is 9.58. The molecule has 2 atom stereocenters. The fourth-order valence-electron chi connectivity index (χ4n) is 4.53. The summed E-state index contributed by atoms with van der Waals surface area (Å²) in [5.74, 6) is 0.745. The predicted molar refractivity (Wildman–Crippen MR) is 102 cm³/mol. The molecule has 1 aromatic heterocycles. The molecule has 0 aliphatic carbocycles. The lowest BCUT2D eigenvalue weighted by Crippen LogP contribution is -2.40. The number of likely N-dealkylation sites (tertiary alicyclic amines) is 2. The third-order valence-corrected chi connectivity index (χ3v) is 6.24. The van der Waals surface area contributed by atoms with Crippen molar-refractivity contribution in [2.75, 3.05) is 32.8 Å². The van der Waals surface area contributed by atoms with Crippen molar-refractivity contribution in [3.05, 3.63) is 52.9 Å². The van der Waals surface area contributed by atoms with Crippen LogP contribution in [0.1, 0.15) is 27.4 Å². The Morgan fingerprint density at radius 2 is 1.86 bits per heavy atom. The Balaban J connectivity index is 1.45. The summed E-state index contributed by atoms with van der Waals surface area (Å²) in [6.45, 7) is 5.66. The van der Waals surface area contributed by atoms with Gasteiger partial charge in [-0.25, -0.2) is 0 Å². The summed E-state index contributed by atoms with van der Waals surface area (Å²) in [5.41, 5.74) is 1.78. The van der Waals surface area contributed by atoms with Gasteiger partial charge in [0.15, 0.2) is 0 Å². The van der Waals surface area contributed by atoms with E-state index in [0.717, 1.165) is 11.3 Å². The number of aryl methyl sites for hydroxylation is 2. The average molecular weight is 383 g/mol. The molecule has 0 radical (unpaired) electrons. The van der Waals surface area contributed by atoms with Crippen molar-refractivity contribution in [3.8, 4) is 0 Å². The lowest BCUT2D eigenvalue weighted by atomic mass is 9.82. The van der Waals surface area contributed by atoms with Crippen molar-refractivity contribution in [2.24, 2.45) is 11.3 Å². The van der Waals surface area contributed by atoms with Gasteiger partial charge in [-0.2, -0.15) is 0 Å². The van der Waals surface area contributed by atoms with Crippen molar-refractivity contribution in [3.63, 3.8) is 0 Å². The molecule has 7 heteroatoms. The number of rotatable bonds is 4. The summed E-state index contributed by atoms with van der Waals surface area (Å²) in [6.07, 6.45) is 0.252. The van der Waals surface area contributed by atoms with Gasteiger partial charge in [-0.05, 0) is 26.0 Å². The first-order valence-electron chi connectivity index (χ1n) is 9.58. The second kappa shape index (κ2) is 7.05. The van der Waals surface area contributed by atoms with Gasteiger partial charge in [0.2, 0.25) is 5.91 Å². The second-order valence-corrected chi connectivity index (χ2v) is 8.02. The molecule has 0 spiro atoms. The van der Waals surface area contributed by atoms with Crippen molar-refractivity contribution in [2.45, 2.75) is 20.3 Å². The van der Waals surface area contributed by atoms with Crippen LogP contribution in [-0.4, -0.2) is 64.7 Å². The van der Waals surface area contributed by atoms with Crippen LogP contribution in [0.15, 0.2) is 34.9 Å². The van der Waals surface area contributed by atoms with E-state index in [2.05, 4.69) is 5.16 Å². The number of aliphatic hydroxyl groups excluding tert-OH is 1. The third kappa shape index (κ3) is 3.09. The van der Waals surface area contributed by atoms with Crippen molar-refractivity contribution >= 4 is 11.8 Å². The molecule has 1 aromatic carbocycles. The smallest absolute Gasteiger partial charge is 0.253 e. The van der Waals surface area contributed by atoms with E-state index in [1.54, 1.807) is 0 Å². The summed E-state index contributed by atoms with van der Waals surface area (Å²) in [7, 11) is 0. The summed E-state index contributed by atoms with van der Waals surface area (Å²) >= 11 is 0. The van der Waals surface area contributed by atoms with Gasteiger partial charge in [0.25, 0.3) is 5.91 Å². The maximum atomic E-state index is 12.8. The highest BCUT2D eigenvalue weighted by Crippen LogP contribution is 2.42. The number of aliphatic hydroxyl groups is 1. The van der Waals surface area contributed by atoms with Gasteiger partial charge in [0.05, 0.1) is 18.7 Å². The van der Waals surface area contributed by atoms with Gasteiger partial charge in [0, 0.05) is 48.6 Å². The molecule has 0 unspecified atom stereocenters. The fraction of sp³-hybridized carbons (Fsp3) is 0.476. The van der Waals surface area contributed by atoms with Crippen LogP contribution in [0, 0.1) is 25.2 Å². The number of nitrogens with zero attached hydrogens (tertiary/aromatic N) is 3. The normalized spacial score (nSPS) is 23.9. The number of hydrogen-bond donors (Lipinski definition) is 1. The third-order valence-electron chi connectivity index (χ3n) is 6.24. The van der Waals surface area contributed by atoms with Crippen LogP contribution in [0.4, 0.5) is 0 Å². The minimum Gasteiger partial charge on any atom is -0.396 e. The molecule has 2 aliphatic rings. The van der Waals surface area contributed by atoms with Crippen LogP contribution in [0.25, 0.3) is 0 Å². The number of carbonyl (C=O) groups excluding carboxylic acids is 2. The maximum Gasteiger partial charge on any atom is 0.253 e. The highest BCUT2D eigenvalue weighted by molar-refractivity contribution is 5.94. The molecule has 7 nitrogen and oxygen atoms in total. The molecule has 2 aromatic rings. The number of hydrogen-bond acceptors (Lipinski definition) is 5. The SMILES string of the molecule is Cc1noc(C)c1CC(=O)N1C[C@H]2CN(C(=O)c3ccccc3)C[C@@]2(CO)C1.